The molecule has 1 aromatic heterocycles. The highest BCUT2D eigenvalue weighted by Gasteiger charge is 2.40. The van der Waals surface area contributed by atoms with Crippen LogP contribution < -0.4 is 14.8 Å². The van der Waals surface area contributed by atoms with Crippen LogP contribution in [0.2, 0.25) is 0 Å². The van der Waals surface area contributed by atoms with Gasteiger partial charge in [0.05, 0.1) is 19.8 Å². The summed E-state index contributed by atoms with van der Waals surface area (Å²) in [6.45, 7) is -0.132. The summed E-state index contributed by atoms with van der Waals surface area (Å²) in [4.78, 5) is 15.6. The van der Waals surface area contributed by atoms with Crippen LogP contribution in [0.3, 0.4) is 0 Å². The van der Waals surface area contributed by atoms with Gasteiger partial charge in [-0.2, -0.15) is 13.2 Å². The van der Waals surface area contributed by atoms with Crippen molar-refractivity contribution in [1.82, 2.24) is 10.3 Å². The molecule has 0 spiro atoms. The maximum atomic E-state index is 13.5. The molecule has 10 heteroatoms. The summed E-state index contributed by atoms with van der Waals surface area (Å²) in [6, 6.07) is 9.97. The van der Waals surface area contributed by atoms with Gasteiger partial charge in [-0.05, 0) is 29.8 Å². The van der Waals surface area contributed by atoms with Gasteiger partial charge in [-0.3, -0.25) is 4.79 Å². The summed E-state index contributed by atoms with van der Waals surface area (Å²) in [5.74, 6) is -0.757. The molecule has 0 saturated heterocycles. The number of benzene rings is 2. The molecule has 2 aromatic carbocycles. The van der Waals surface area contributed by atoms with E-state index in [-0.39, 0.29) is 22.9 Å². The normalized spacial score (nSPS) is 11.3. The van der Waals surface area contributed by atoms with Crippen LogP contribution in [0, 0.1) is 5.82 Å². The first-order chi connectivity index (χ1) is 14.2. The minimum Gasteiger partial charge on any atom is -0.497 e. The number of halogens is 4. The number of alkyl halides is 3. The van der Waals surface area contributed by atoms with Crippen LogP contribution in [0.4, 0.5) is 17.6 Å². The lowest BCUT2D eigenvalue weighted by Gasteiger charge is -2.08. The molecule has 0 saturated carbocycles. The number of methoxy groups -OCH3 is 2. The number of ether oxygens (including phenoxy) is 2. The number of nitrogens with zero attached hydrogens (tertiary/aromatic N) is 1. The molecular weight excluding hydrogens is 424 g/mol. The average Bonchev–Trinajstić information content (AvgIpc) is 3.17. The predicted molar refractivity (Wildman–Crippen MR) is 103 cm³/mol. The van der Waals surface area contributed by atoms with Crippen LogP contribution in [0.1, 0.15) is 20.9 Å². The fraction of sp³-hybridized carbons (Fsp3) is 0.200. The van der Waals surface area contributed by atoms with Gasteiger partial charge in [-0.1, -0.05) is 12.1 Å². The number of hydrogen-bond acceptors (Lipinski definition) is 5. The molecule has 1 amide bonds. The van der Waals surface area contributed by atoms with Crippen molar-refractivity contribution in [2.75, 3.05) is 14.2 Å². The third-order valence-corrected chi connectivity index (χ3v) is 5.17. The van der Waals surface area contributed by atoms with Crippen molar-refractivity contribution in [2.45, 2.75) is 12.7 Å². The smallest absolute Gasteiger partial charge is 0.435 e. The van der Waals surface area contributed by atoms with Gasteiger partial charge in [0.1, 0.15) is 27.2 Å². The summed E-state index contributed by atoms with van der Waals surface area (Å²) in [7, 11) is 2.81. The Balaban J connectivity index is 1.95. The number of thiazole rings is 1. The van der Waals surface area contributed by atoms with Gasteiger partial charge in [-0.15, -0.1) is 11.3 Å². The van der Waals surface area contributed by atoms with E-state index in [0.29, 0.717) is 22.6 Å². The van der Waals surface area contributed by atoms with Crippen LogP contribution in [0.25, 0.3) is 10.6 Å². The van der Waals surface area contributed by atoms with E-state index in [1.807, 2.05) is 0 Å². The Morgan fingerprint density at radius 2 is 1.90 bits per heavy atom. The van der Waals surface area contributed by atoms with E-state index in [2.05, 4.69) is 10.3 Å². The van der Waals surface area contributed by atoms with E-state index in [9.17, 15) is 22.4 Å². The lowest BCUT2D eigenvalue weighted by molar-refractivity contribution is -0.141. The van der Waals surface area contributed by atoms with E-state index in [1.54, 1.807) is 12.1 Å². The average molecular weight is 440 g/mol. The van der Waals surface area contributed by atoms with E-state index < -0.39 is 28.5 Å². The van der Waals surface area contributed by atoms with Gasteiger partial charge in [0.2, 0.25) is 0 Å². The van der Waals surface area contributed by atoms with E-state index >= 15 is 0 Å². The SMILES string of the molecule is COc1ccc(-c2nc(C(F)(F)F)c(C(=O)NCc3cccc(F)c3)s2)c(OC)c1. The standard InChI is InChI=1S/C20H16F4N2O3S/c1-28-13-6-7-14(15(9-13)29-2)19-26-17(20(22,23)24)16(30-19)18(27)25-10-11-4-3-5-12(21)8-11/h3-9H,10H2,1-2H3,(H,25,27). The number of hydrogen-bond donors (Lipinski definition) is 1. The number of amides is 1. The highest BCUT2D eigenvalue weighted by atomic mass is 32.1. The Hall–Kier alpha value is -3.14. The second-order valence-corrected chi connectivity index (χ2v) is 7.07. The number of nitrogens with one attached hydrogen (secondary N) is 1. The second-order valence-electron chi connectivity index (χ2n) is 6.07. The van der Waals surface area contributed by atoms with Gasteiger partial charge in [-0.25, -0.2) is 9.37 Å². The van der Waals surface area contributed by atoms with Crippen LogP contribution in [-0.4, -0.2) is 25.1 Å². The molecule has 0 fully saturated rings. The number of rotatable bonds is 6. The third-order valence-electron chi connectivity index (χ3n) is 4.08. The molecule has 0 atom stereocenters. The molecule has 0 aliphatic heterocycles. The van der Waals surface area contributed by atoms with Crippen molar-refractivity contribution in [1.29, 1.82) is 0 Å². The Morgan fingerprint density at radius 3 is 2.53 bits per heavy atom. The van der Waals surface area contributed by atoms with Gasteiger partial charge in [0.15, 0.2) is 5.69 Å². The molecule has 1 N–H and O–H groups in total. The molecule has 1 heterocycles. The number of aromatic nitrogens is 1. The second kappa shape index (κ2) is 8.70. The topological polar surface area (TPSA) is 60.5 Å². The monoisotopic (exact) mass is 440 g/mol. The molecule has 5 nitrogen and oxygen atoms in total. The van der Waals surface area contributed by atoms with Crippen molar-refractivity contribution >= 4 is 17.2 Å². The summed E-state index contributed by atoms with van der Waals surface area (Å²) in [5.41, 5.74) is -0.589. The zero-order chi connectivity index (χ0) is 21.9. The van der Waals surface area contributed by atoms with Crippen LogP contribution in [0.15, 0.2) is 42.5 Å². The molecular formula is C20H16F4N2O3S. The molecule has 3 aromatic rings. The number of carbonyl (C=O) groups is 1. The Bertz CT molecular complexity index is 1070. The summed E-state index contributed by atoms with van der Waals surface area (Å²) >= 11 is 0.591. The first-order valence-corrected chi connectivity index (χ1v) is 9.37. The van der Waals surface area contributed by atoms with Crippen LogP contribution in [-0.2, 0) is 12.7 Å². The lowest BCUT2D eigenvalue weighted by Crippen LogP contribution is -2.24. The maximum Gasteiger partial charge on any atom is 0.435 e. The highest BCUT2D eigenvalue weighted by Crippen LogP contribution is 2.41. The van der Waals surface area contributed by atoms with Crippen molar-refractivity contribution in [3.05, 3.63) is 64.4 Å². The zero-order valence-electron chi connectivity index (χ0n) is 15.8. The van der Waals surface area contributed by atoms with Crippen molar-refractivity contribution < 1.29 is 31.8 Å². The quantitative estimate of drug-likeness (QED) is 0.553. The van der Waals surface area contributed by atoms with Gasteiger partial charge >= 0.3 is 6.18 Å². The Labute approximate surface area is 173 Å². The zero-order valence-corrected chi connectivity index (χ0v) is 16.7. The fourth-order valence-electron chi connectivity index (χ4n) is 2.67. The molecule has 0 aliphatic carbocycles. The van der Waals surface area contributed by atoms with Gasteiger partial charge in [0, 0.05) is 12.6 Å². The lowest BCUT2D eigenvalue weighted by atomic mass is 10.2. The highest BCUT2D eigenvalue weighted by molar-refractivity contribution is 7.17. The largest absolute Gasteiger partial charge is 0.497 e. The summed E-state index contributed by atoms with van der Waals surface area (Å²) in [6.07, 6.45) is -4.83. The molecule has 158 valence electrons. The molecule has 30 heavy (non-hydrogen) atoms. The molecule has 3 rings (SSSR count). The Morgan fingerprint density at radius 1 is 1.13 bits per heavy atom. The van der Waals surface area contributed by atoms with E-state index in [0.717, 1.165) is 0 Å². The van der Waals surface area contributed by atoms with E-state index in [1.165, 1.54) is 44.6 Å². The van der Waals surface area contributed by atoms with Crippen LogP contribution in [0.5, 0.6) is 11.5 Å². The first kappa shape index (κ1) is 21.6. The minimum atomic E-state index is -4.83. The van der Waals surface area contributed by atoms with Crippen LogP contribution >= 0.6 is 11.3 Å². The molecule has 0 aliphatic rings. The van der Waals surface area contributed by atoms with Crippen molar-refractivity contribution in [3.63, 3.8) is 0 Å². The van der Waals surface area contributed by atoms with Crippen molar-refractivity contribution in [2.24, 2.45) is 0 Å². The third kappa shape index (κ3) is 4.70. The molecule has 0 unspecified atom stereocenters. The van der Waals surface area contributed by atoms with Gasteiger partial charge < -0.3 is 14.8 Å². The van der Waals surface area contributed by atoms with Crippen molar-refractivity contribution in [3.8, 4) is 22.1 Å². The molecule has 0 bridgehead atoms. The summed E-state index contributed by atoms with van der Waals surface area (Å²) < 4.78 is 64.1. The maximum absolute atomic E-state index is 13.5. The minimum absolute atomic E-state index is 0.0299. The van der Waals surface area contributed by atoms with Gasteiger partial charge in [0.25, 0.3) is 5.91 Å². The predicted octanol–water partition coefficient (Wildman–Crippen LogP) is 4.92. The molecule has 0 radical (unpaired) electrons. The number of carbonyl (C=O) groups excluding carboxylic acids is 1. The van der Waals surface area contributed by atoms with E-state index in [4.69, 9.17) is 9.47 Å². The Kier molecular flexibility index (Phi) is 6.25. The first-order valence-electron chi connectivity index (χ1n) is 8.56. The summed E-state index contributed by atoms with van der Waals surface area (Å²) in [5, 5.41) is 2.35. The fourth-order valence-corrected chi connectivity index (χ4v) is 3.70.